The minimum Gasteiger partial charge on any atom is -0.462 e. The predicted octanol–water partition coefficient (Wildman–Crippen LogP) is 3.89. The molecular weight excluding hydrogens is 378 g/mol. The first-order valence-electron chi connectivity index (χ1n) is 10.7. The second kappa shape index (κ2) is 9.43. The third-order valence-electron chi connectivity index (χ3n) is 5.99. The van der Waals surface area contributed by atoms with Gasteiger partial charge in [0, 0.05) is 36.3 Å². The van der Waals surface area contributed by atoms with E-state index in [1.54, 1.807) is 6.26 Å². The molecule has 0 bridgehead atoms. The van der Waals surface area contributed by atoms with Crippen LogP contribution in [0.1, 0.15) is 45.7 Å². The monoisotopic (exact) mass is 411 g/mol. The van der Waals surface area contributed by atoms with E-state index in [9.17, 15) is 4.79 Å². The minimum absolute atomic E-state index is 0.100. The largest absolute Gasteiger partial charge is 0.462 e. The molecule has 0 aliphatic carbocycles. The molecule has 3 aromatic rings. The Hall–Kier alpha value is -2.67. The van der Waals surface area contributed by atoms with Gasteiger partial charge in [0.25, 0.3) is 0 Å². The molecule has 0 saturated heterocycles. The molecule has 2 N–H and O–H groups in total. The molecule has 0 aliphatic rings. The summed E-state index contributed by atoms with van der Waals surface area (Å²) >= 11 is 0. The van der Waals surface area contributed by atoms with Gasteiger partial charge in [-0.2, -0.15) is 5.10 Å². The Morgan fingerprint density at radius 3 is 2.70 bits per heavy atom. The van der Waals surface area contributed by atoms with Crippen LogP contribution in [0.5, 0.6) is 0 Å². The second-order valence-corrected chi connectivity index (χ2v) is 8.56. The van der Waals surface area contributed by atoms with Crippen molar-refractivity contribution in [3.05, 3.63) is 36.4 Å². The van der Waals surface area contributed by atoms with Gasteiger partial charge in [-0.1, -0.05) is 13.8 Å². The Bertz CT molecular complexity index is 991. The first kappa shape index (κ1) is 22.0. The normalized spacial score (nSPS) is 14.0. The molecule has 30 heavy (non-hydrogen) atoms. The van der Waals surface area contributed by atoms with Crippen LogP contribution >= 0.6 is 0 Å². The molecule has 7 nitrogen and oxygen atoms in total. The Kier molecular flexibility index (Phi) is 6.92. The Morgan fingerprint density at radius 2 is 2.00 bits per heavy atom. The predicted molar refractivity (Wildman–Crippen MR) is 119 cm³/mol. The summed E-state index contributed by atoms with van der Waals surface area (Å²) in [4.78, 5) is 18.1. The molecule has 2 unspecified atom stereocenters. The number of hydrogen-bond donors (Lipinski definition) is 1. The molecule has 1 amide bonds. The fraction of sp³-hybridized carbons (Fsp3) is 0.522. The van der Waals surface area contributed by atoms with Crippen molar-refractivity contribution < 1.29 is 9.21 Å². The molecule has 0 spiro atoms. The van der Waals surface area contributed by atoms with E-state index >= 15 is 0 Å². The van der Waals surface area contributed by atoms with Gasteiger partial charge in [0.05, 0.1) is 18.2 Å². The molecular formula is C23H33N5O2. The number of rotatable bonds is 10. The maximum Gasteiger partial charge on any atom is 0.220 e. The smallest absolute Gasteiger partial charge is 0.220 e. The van der Waals surface area contributed by atoms with E-state index < -0.39 is 0 Å². The van der Waals surface area contributed by atoms with Crippen molar-refractivity contribution in [3.63, 3.8) is 0 Å². The lowest BCUT2D eigenvalue weighted by atomic mass is 9.92. The number of nitrogens with two attached hydrogens (primary N) is 1. The average Bonchev–Trinajstić information content (AvgIpc) is 3.36. The fourth-order valence-corrected chi connectivity index (χ4v) is 3.71. The van der Waals surface area contributed by atoms with Crippen molar-refractivity contribution in [2.45, 2.75) is 46.6 Å². The first-order valence-corrected chi connectivity index (χ1v) is 10.7. The molecule has 3 aromatic heterocycles. The van der Waals surface area contributed by atoms with E-state index in [-0.39, 0.29) is 23.8 Å². The molecule has 0 saturated carbocycles. The number of aromatic nitrogens is 3. The van der Waals surface area contributed by atoms with Crippen LogP contribution in [0.4, 0.5) is 0 Å². The first-order chi connectivity index (χ1) is 14.3. The van der Waals surface area contributed by atoms with Crippen molar-refractivity contribution in [2.24, 2.45) is 17.6 Å². The van der Waals surface area contributed by atoms with Crippen LogP contribution in [0.2, 0.25) is 0 Å². The minimum atomic E-state index is -0.225. The molecule has 7 heteroatoms. The van der Waals surface area contributed by atoms with E-state index in [2.05, 4.69) is 47.5 Å². The summed E-state index contributed by atoms with van der Waals surface area (Å²) in [6.45, 7) is 10.1. The van der Waals surface area contributed by atoms with Crippen molar-refractivity contribution in [1.82, 2.24) is 19.7 Å². The van der Waals surface area contributed by atoms with Crippen LogP contribution in [-0.2, 0) is 11.2 Å². The molecule has 0 aliphatic heterocycles. The van der Waals surface area contributed by atoms with Gasteiger partial charge in [0.2, 0.25) is 5.91 Å². The van der Waals surface area contributed by atoms with E-state index in [1.807, 2.05) is 31.5 Å². The van der Waals surface area contributed by atoms with Gasteiger partial charge >= 0.3 is 0 Å². The lowest BCUT2D eigenvalue weighted by molar-refractivity contribution is -0.122. The Balaban J connectivity index is 1.74. The third kappa shape index (κ3) is 4.73. The number of pyridine rings is 1. The highest BCUT2D eigenvalue weighted by Gasteiger charge is 2.20. The zero-order valence-corrected chi connectivity index (χ0v) is 18.6. The number of primary amides is 1. The zero-order valence-electron chi connectivity index (χ0n) is 18.6. The molecule has 3 heterocycles. The van der Waals surface area contributed by atoms with Crippen molar-refractivity contribution >= 4 is 17.0 Å². The standard InChI is InChI=1S/C23H33N5O2/c1-15(2)28-21(19-6-10-25-20-9-13-30-22(19)20)18(14-26-28)8-12-27(5)11-7-16(3)17(4)23(24)29/h6,9-10,13-17H,7-8,11-12H2,1-5H3,(H2,24,29). The summed E-state index contributed by atoms with van der Waals surface area (Å²) in [5, 5.41) is 4.66. The number of furan rings is 1. The van der Waals surface area contributed by atoms with Gasteiger partial charge < -0.3 is 15.1 Å². The lowest BCUT2D eigenvalue weighted by Crippen LogP contribution is -2.30. The maximum atomic E-state index is 11.4. The van der Waals surface area contributed by atoms with Crippen LogP contribution in [-0.4, -0.2) is 45.7 Å². The number of amides is 1. The van der Waals surface area contributed by atoms with E-state index in [1.165, 1.54) is 5.56 Å². The topological polar surface area (TPSA) is 90.2 Å². The Labute approximate surface area is 178 Å². The van der Waals surface area contributed by atoms with E-state index in [4.69, 9.17) is 10.2 Å². The van der Waals surface area contributed by atoms with Crippen LogP contribution in [0.3, 0.4) is 0 Å². The number of likely N-dealkylation sites (N-methyl/N-ethyl adjacent to an activating group) is 1. The summed E-state index contributed by atoms with van der Waals surface area (Å²) in [6, 6.07) is 4.12. The van der Waals surface area contributed by atoms with Gasteiger partial charge in [-0.05, 0) is 57.8 Å². The SMILES string of the molecule is CC(CCN(C)CCc1cnn(C(C)C)c1-c1ccnc2ccoc12)C(C)C(N)=O. The lowest BCUT2D eigenvalue weighted by Gasteiger charge is -2.22. The second-order valence-electron chi connectivity index (χ2n) is 8.56. The maximum absolute atomic E-state index is 11.4. The number of hydrogen-bond acceptors (Lipinski definition) is 5. The average molecular weight is 412 g/mol. The summed E-state index contributed by atoms with van der Waals surface area (Å²) in [5.74, 6) is -0.0533. The quantitative estimate of drug-likeness (QED) is 0.546. The van der Waals surface area contributed by atoms with Gasteiger partial charge in [-0.25, -0.2) is 0 Å². The number of carbonyl (C=O) groups is 1. The summed E-state index contributed by atoms with van der Waals surface area (Å²) < 4.78 is 7.80. The highest BCUT2D eigenvalue weighted by molar-refractivity contribution is 5.89. The summed E-state index contributed by atoms with van der Waals surface area (Å²) in [6.07, 6.45) is 7.29. The molecule has 0 fully saturated rings. The Morgan fingerprint density at radius 1 is 1.23 bits per heavy atom. The summed E-state index contributed by atoms with van der Waals surface area (Å²) in [7, 11) is 2.12. The molecule has 3 rings (SSSR count). The van der Waals surface area contributed by atoms with Crippen LogP contribution in [0, 0.1) is 11.8 Å². The molecule has 162 valence electrons. The number of nitrogens with zero attached hydrogens (tertiary/aromatic N) is 4. The fourth-order valence-electron chi connectivity index (χ4n) is 3.71. The molecule has 0 radical (unpaired) electrons. The van der Waals surface area contributed by atoms with Crippen LogP contribution in [0.15, 0.2) is 35.2 Å². The van der Waals surface area contributed by atoms with Crippen LogP contribution < -0.4 is 5.73 Å². The van der Waals surface area contributed by atoms with Crippen molar-refractivity contribution in [1.29, 1.82) is 0 Å². The number of fused-ring (bicyclic) bond motifs is 1. The van der Waals surface area contributed by atoms with Gasteiger partial charge in [-0.15, -0.1) is 0 Å². The van der Waals surface area contributed by atoms with E-state index in [0.29, 0.717) is 0 Å². The van der Waals surface area contributed by atoms with E-state index in [0.717, 1.165) is 48.3 Å². The van der Waals surface area contributed by atoms with Gasteiger partial charge in [0.1, 0.15) is 5.52 Å². The van der Waals surface area contributed by atoms with Crippen molar-refractivity contribution in [2.75, 3.05) is 20.1 Å². The highest BCUT2D eigenvalue weighted by atomic mass is 16.3. The number of carbonyl (C=O) groups excluding carboxylic acids is 1. The molecule has 2 atom stereocenters. The molecule has 0 aromatic carbocycles. The summed E-state index contributed by atoms with van der Waals surface area (Å²) in [5.41, 5.74) is 10.4. The zero-order chi connectivity index (χ0) is 21.8. The van der Waals surface area contributed by atoms with Gasteiger partial charge in [0.15, 0.2) is 5.58 Å². The highest BCUT2D eigenvalue weighted by Crippen LogP contribution is 2.32. The third-order valence-corrected chi connectivity index (χ3v) is 5.99. The van der Waals surface area contributed by atoms with Gasteiger partial charge in [-0.3, -0.25) is 14.5 Å². The van der Waals surface area contributed by atoms with Crippen molar-refractivity contribution in [3.8, 4) is 11.3 Å². The van der Waals surface area contributed by atoms with Crippen LogP contribution in [0.25, 0.3) is 22.4 Å².